The van der Waals surface area contributed by atoms with E-state index in [1.807, 2.05) is 0 Å². The van der Waals surface area contributed by atoms with E-state index in [1.54, 1.807) is 0 Å². The molecule has 3 saturated carbocycles. The highest BCUT2D eigenvalue weighted by Crippen LogP contribution is 2.59. The van der Waals surface area contributed by atoms with Crippen molar-refractivity contribution in [3.05, 3.63) is 11.6 Å². The fourth-order valence-corrected chi connectivity index (χ4v) is 5.56. The van der Waals surface area contributed by atoms with Crippen molar-refractivity contribution in [3.8, 4) is 0 Å². The maximum absolute atomic E-state index is 4.75. The molecule has 2 heterocycles. The number of aryl methyl sites for hydroxylation is 1. The number of fused-ring (bicyclic) bond motifs is 4. The summed E-state index contributed by atoms with van der Waals surface area (Å²) in [7, 11) is 0. The van der Waals surface area contributed by atoms with E-state index in [9.17, 15) is 0 Å². The molecule has 5 rings (SSSR count). The fraction of sp³-hybridized carbons (Fsp3) is 0.895. The lowest BCUT2D eigenvalue weighted by Gasteiger charge is -2.53. The van der Waals surface area contributed by atoms with Gasteiger partial charge in [-0.2, -0.15) is 0 Å². The monoisotopic (exact) mass is 301 g/mol. The highest BCUT2D eigenvalue weighted by molar-refractivity contribution is 5.17. The van der Waals surface area contributed by atoms with Gasteiger partial charge >= 0.3 is 0 Å². The first-order valence-electron chi connectivity index (χ1n) is 9.70. The second-order valence-electron chi connectivity index (χ2n) is 8.29. The van der Waals surface area contributed by atoms with Gasteiger partial charge < -0.3 is 4.57 Å². The van der Waals surface area contributed by atoms with Crippen LogP contribution < -0.4 is 0 Å². The van der Waals surface area contributed by atoms with Gasteiger partial charge in [-0.1, -0.05) is 26.2 Å². The summed E-state index contributed by atoms with van der Waals surface area (Å²) in [6.07, 6.45) is 17.7. The minimum atomic E-state index is 0.375. The molecule has 0 amide bonds. The molecule has 3 heteroatoms. The maximum atomic E-state index is 4.75. The molecule has 0 saturated heterocycles. The summed E-state index contributed by atoms with van der Waals surface area (Å²) in [5.74, 6) is 2.65. The summed E-state index contributed by atoms with van der Waals surface area (Å²) in [6, 6.07) is 0. The van der Waals surface area contributed by atoms with Crippen LogP contribution in [0.4, 0.5) is 0 Å². The third-order valence-electron chi connectivity index (χ3n) is 7.02. The van der Waals surface area contributed by atoms with E-state index in [0.717, 1.165) is 6.42 Å². The number of aromatic nitrogens is 3. The number of hydrogen-bond acceptors (Lipinski definition) is 2. The molecule has 1 aliphatic heterocycles. The van der Waals surface area contributed by atoms with Crippen LogP contribution in [0, 0.1) is 5.41 Å². The van der Waals surface area contributed by atoms with Crippen LogP contribution in [0.3, 0.4) is 0 Å². The average molecular weight is 301 g/mol. The van der Waals surface area contributed by atoms with Crippen molar-refractivity contribution < 1.29 is 0 Å². The first-order valence-corrected chi connectivity index (χ1v) is 9.70. The molecule has 1 aromatic rings. The van der Waals surface area contributed by atoms with Gasteiger partial charge in [0.15, 0.2) is 0 Å². The van der Waals surface area contributed by atoms with Crippen LogP contribution in [0.2, 0.25) is 0 Å². The molecular formula is C19H31N3. The van der Waals surface area contributed by atoms with Crippen LogP contribution in [0.15, 0.2) is 0 Å². The summed E-state index contributed by atoms with van der Waals surface area (Å²) in [5.41, 5.74) is 1.07. The molecule has 3 aliphatic carbocycles. The van der Waals surface area contributed by atoms with Crippen molar-refractivity contribution in [2.24, 2.45) is 5.41 Å². The van der Waals surface area contributed by atoms with E-state index in [0.29, 0.717) is 10.8 Å². The molecule has 3 fully saturated rings. The molecular weight excluding hydrogens is 270 g/mol. The van der Waals surface area contributed by atoms with Crippen molar-refractivity contribution >= 4 is 0 Å². The van der Waals surface area contributed by atoms with Gasteiger partial charge in [0, 0.05) is 18.4 Å². The second kappa shape index (κ2) is 5.65. The quantitative estimate of drug-likeness (QED) is 0.804. The van der Waals surface area contributed by atoms with Crippen LogP contribution in [0.5, 0.6) is 0 Å². The number of hydrogen-bond donors (Lipinski definition) is 0. The lowest BCUT2D eigenvalue weighted by molar-refractivity contribution is 0.0257. The van der Waals surface area contributed by atoms with E-state index in [1.165, 1.54) is 95.2 Å². The van der Waals surface area contributed by atoms with Gasteiger partial charge in [-0.15, -0.1) is 10.2 Å². The maximum Gasteiger partial charge on any atom is 0.139 e. The van der Waals surface area contributed by atoms with E-state index in [-0.39, 0.29) is 0 Å². The molecule has 2 bridgehead atoms. The zero-order valence-electron chi connectivity index (χ0n) is 14.2. The Morgan fingerprint density at radius 1 is 0.909 bits per heavy atom. The van der Waals surface area contributed by atoms with E-state index in [4.69, 9.17) is 5.10 Å². The summed E-state index contributed by atoms with van der Waals surface area (Å²) in [5, 5.41) is 9.36. The Hall–Kier alpha value is -0.860. The molecule has 0 radical (unpaired) electrons. The zero-order chi connectivity index (χ0) is 15.0. The third kappa shape index (κ3) is 2.32. The van der Waals surface area contributed by atoms with Crippen LogP contribution in [-0.4, -0.2) is 14.8 Å². The highest BCUT2D eigenvalue weighted by Gasteiger charge is 2.51. The molecule has 122 valence electrons. The lowest BCUT2D eigenvalue weighted by atomic mass is 9.52. The summed E-state index contributed by atoms with van der Waals surface area (Å²) >= 11 is 0. The predicted molar refractivity (Wildman–Crippen MR) is 88.9 cm³/mol. The van der Waals surface area contributed by atoms with Gasteiger partial charge in [0.1, 0.15) is 11.6 Å². The molecule has 22 heavy (non-hydrogen) atoms. The Balaban J connectivity index is 1.61. The Bertz CT molecular complexity index is 506. The summed E-state index contributed by atoms with van der Waals surface area (Å²) in [4.78, 5) is 0. The lowest BCUT2D eigenvalue weighted by Crippen LogP contribution is -2.45. The van der Waals surface area contributed by atoms with Crippen LogP contribution in [0.25, 0.3) is 0 Å². The summed E-state index contributed by atoms with van der Waals surface area (Å²) < 4.78 is 2.54. The highest BCUT2D eigenvalue weighted by atomic mass is 15.3. The van der Waals surface area contributed by atoms with Crippen molar-refractivity contribution in [2.75, 3.05) is 0 Å². The molecule has 0 N–H and O–H groups in total. The third-order valence-corrected chi connectivity index (χ3v) is 7.02. The topological polar surface area (TPSA) is 30.7 Å². The average Bonchev–Trinajstić information content (AvgIpc) is 2.92. The Labute approximate surface area is 134 Å². The van der Waals surface area contributed by atoms with Crippen LogP contribution in [0.1, 0.15) is 95.6 Å². The molecule has 1 aromatic heterocycles. The molecule has 3 nitrogen and oxygen atoms in total. The molecule has 0 atom stereocenters. The summed E-state index contributed by atoms with van der Waals surface area (Å²) in [6.45, 7) is 3.52. The normalized spacial score (nSPS) is 35.0. The van der Waals surface area contributed by atoms with Crippen molar-refractivity contribution in [1.29, 1.82) is 0 Å². The standard InChI is InChI=1S/C19H31N3/c1-2-8-18-9-12-19(13-10-18,14-11-18)17-21-20-16-7-5-3-4-6-15-22(16)17/h2-15H2,1H3. The van der Waals surface area contributed by atoms with Crippen molar-refractivity contribution in [3.63, 3.8) is 0 Å². The minimum Gasteiger partial charge on any atom is -0.315 e. The zero-order valence-corrected chi connectivity index (χ0v) is 14.2. The molecule has 0 spiro atoms. The van der Waals surface area contributed by atoms with Gasteiger partial charge in [0.05, 0.1) is 0 Å². The van der Waals surface area contributed by atoms with E-state index >= 15 is 0 Å². The molecule has 0 unspecified atom stereocenters. The Morgan fingerprint density at radius 3 is 2.36 bits per heavy atom. The number of nitrogens with zero attached hydrogens (tertiary/aromatic N) is 3. The van der Waals surface area contributed by atoms with Gasteiger partial charge in [-0.3, -0.25) is 0 Å². The van der Waals surface area contributed by atoms with E-state index in [2.05, 4.69) is 16.6 Å². The van der Waals surface area contributed by atoms with Crippen molar-refractivity contribution in [1.82, 2.24) is 14.8 Å². The van der Waals surface area contributed by atoms with Crippen LogP contribution in [-0.2, 0) is 18.4 Å². The van der Waals surface area contributed by atoms with Crippen molar-refractivity contribution in [2.45, 2.75) is 102 Å². The van der Waals surface area contributed by atoms with Gasteiger partial charge in [0.25, 0.3) is 0 Å². The Kier molecular flexibility index (Phi) is 3.78. The minimum absolute atomic E-state index is 0.375. The fourth-order valence-electron chi connectivity index (χ4n) is 5.56. The first kappa shape index (κ1) is 14.7. The van der Waals surface area contributed by atoms with Gasteiger partial charge in [-0.05, 0) is 63.2 Å². The van der Waals surface area contributed by atoms with Gasteiger partial charge in [-0.25, -0.2) is 0 Å². The SMILES string of the molecule is CCCC12CCC(c3nnc4n3CCCCCC4)(CC1)CC2. The molecule has 0 aromatic carbocycles. The van der Waals surface area contributed by atoms with E-state index < -0.39 is 0 Å². The van der Waals surface area contributed by atoms with Gasteiger partial charge in [0.2, 0.25) is 0 Å². The van der Waals surface area contributed by atoms with Crippen LogP contribution >= 0.6 is 0 Å². The molecule has 4 aliphatic rings. The smallest absolute Gasteiger partial charge is 0.139 e. The Morgan fingerprint density at radius 2 is 1.64 bits per heavy atom. The largest absolute Gasteiger partial charge is 0.315 e. The number of rotatable bonds is 3. The first-order chi connectivity index (χ1) is 10.8. The second-order valence-corrected chi connectivity index (χ2v) is 8.29. The predicted octanol–water partition coefficient (Wildman–Crippen LogP) is 4.79.